The number of halogens is 3. The largest absolute Gasteiger partial charge is 0.481 e. The first-order chi connectivity index (χ1) is 9.71. The molecule has 0 amide bonds. The van der Waals surface area contributed by atoms with Gasteiger partial charge in [-0.3, -0.25) is 9.69 Å². The van der Waals surface area contributed by atoms with Crippen molar-refractivity contribution in [2.24, 2.45) is 0 Å². The van der Waals surface area contributed by atoms with Gasteiger partial charge in [-0.05, 0) is 51.1 Å². The number of carboxylic acid groups (broad SMARTS) is 1. The number of rotatable bonds is 7. The second kappa shape index (κ2) is 7.45. The Morgan fingerprint density at radius 1 is 1.33 bits per heavy atom. The summed E-state index contributed by atoms with van der Waals surface area (Å²) in [4.78, 5) is 12.3. The first kappa shape index (κ1) is 17.5. The lowest BCUT2D eigenvalue weighted by atomic mass is 10.0. The van der Waals surface area contributed by atoms with E-state index in [2.05, 4.69) is 0 Å². The molecule has 1 atom stereocenters. The van der Waals surface area contributed by atoms with Gasteiger partial charge in [0, 0.05) is 12.5 Å². The van der Waals surface area contributed by atoms with Gasteiger partial charge in [0.05, 0.1) is 5.56 Å². The minimum absolute atomic E-state index is 0.117. The molecule has 1 aromatic carbocycles. The fourth-order valence-electron chi connectivity index (χ4n) is 2.06. The van der Waals surface area contributed by atoms with Crippen LogP contribution < -0.4 is 0 Å². The van der Waals surface area contributed by atoms with E-state index < -0.39 is 17.7 Å². The van der Waals surface area contributed by atoms with E-state index in [4.69, 9.17) is 5.11 Å². The molecular weight excluding hydrogens is 283 g/mol. The van der Waals surface area contributed by atoms with Crippen LogP contribution in [0.4, 0.5) is 13.2 Å². The monoisotopic (exact) mass is 303 g/mol. The fourth-order valence-corrected chi connectivity index (χ4v) is 2.06. The molecule has 21 heavy (non-hydrogen) atoms. The van der Waals surface area contributed by atoms with Gasteiger partial charge < -0.3 is 5.11 Å². The van der Waals surface area contributed by atoms with E-state index in [9.17, 15) is 18.0 Å². The van der Waals surface area contributed by atoms with Crippen molar-refractivity contribution in [3.05, 3.63) is 35.4 Å². The number of nitrogens with zero attached hydrogens (tertiary/aromatic N) is 1. The Morgan fingerprint density at radius 2 is 2.00 bits per heavy atom. The van der Waals surface area contributed by atoms with E-state index in [1.54, 1.807) is 6.07 Å². The highest BCUT2D eigenvalue weighted by molar-refractivity contribution is 5.66. The molecule has 1 N–H and O–H groups in total. The maximum absolute atomic E-state index is 12.7. The summed E-state index contributed by atoms with van der Waals surface area (Å²) < 4.78 is 38.1. The third-order valence-corrected chi connectivity index (χ3v) is 3.51. The number of carboxylic acids is 1. The number of hydrogen-bond acceptors (Lipinski definition) is 2. The number of aliphatic carboxylic acids is 1. The van der Waals surface area contributed by atoms with E-state index >= 15 is 0 Å². The summed E-state index contributed by atoms with van der Waals surface area (Å²) in [5.41, 5.74) is -0.0447. The first-order valence-electron chi connectivity index (χ1n) is 6.81. The number of hydrogen-bond donors (Lipinski definition) is 1. The van der Waals surface area contributed by atoms with E-state index in [-0.39, 0.29) is 12.5 Å². The van der Waals surface area contributed by atoms with Gasteiger partial charge in [-0.25, -0.2) is 0 Å². The molecule has 0 fully saturated rings. The van der Waals surface area contributed by atoms with Crippen LogP contribution in [0.5, 0.6) is 0 Å². The molecular formula is C15H20F3NO2. The highest BCUT2D eigenvalue weighted by Crippen LogP contribution is 2.31. The average Bonchev–Trinajstić information content (AvgIpc) is 2.41. The molecule has 0 spiro atoms. The Balaban J connectivity index is 2.61. The predicted octanol–water partition coefficient (Wildman–Crippen LogP) is 3.95. The third kappa shape index (κ3) is 5.75. The Bertz CT molecular complexity index is 474. The van der Waals surface area contributed by atoms with Crippen molar-refractivity contribution < 1.29 is 23.1 Å². The molecule has 1 aromatic rings. The predicted molar refractivity (Wildman–Crippen MR) is 74.0 cm³/mol. The highest BCUT2D eigenvalue weighted by atomic mass is 19.4. The van der Waals surface area contributed by atoms with E-state index in [1.807, 2.05) is 18.9 Å². The van der Waals surface area contributed by atoms with Crippen LogP contribution in [0.25, 0.3) is 0 Å². The molecule has 3 nitrogen and oxygen atoms in total. The second-order valence-corrected chi connectivity index (χ2v) is 5.13. The lowest BCUT2D eigenvalue weighted by molar-refractivity contribution is -0.138. The Morgan fingerprint density at radius 3 is 2.57 bits per heavy atom. The third-order valence-electron chi connectivity index (χ3n) is 3.51. The maximum Gasteiger partial charge on any atom is 0.416 e. The summed E-state index contributed by atoms with van der Waals surface area (Å²) in [7, 11) is 1.83. The zero-order valence-corrected chi connectivity index (χ0v) is 12.2. The maximum atomic E-state index is 12.7. The summed E-state index contributed by atoms with van der Waals surface area (Å²) in [6, 6.07) is 5.15. The molecule has 0 saturated carbocycles. The Labute approximate surface area is 122 Å². The minimum Gasteiger partial charge on any atom is -0.481 e. The molecule has 0 aromatic heterocycles. The average molecular weight is 303 g/mol. The molecule has 118 valence electrons. The molecule has 0 saturated heterocycles. The number of carbonyl (C=O) groups is 1. The van der Waals surface area contributed by atoms with Crippen molar-refractivity contribution in [2.45, 2.75) is 38.4 Å². The van der Waals surface area contributed by atoms with Crippen LogP contribution in [-0.4, -0.2) is 29.6 Å². The molecule has 1 rings (SSSR count). The van der Waals surface area contributed by atoms with Gasteiger partial charge in [0.2, 0.25) is 0 Å². The SMILES string of the molecule is CC(c1cccc(C(F)(F)F)c1)N(C)CCCCC(=O)O. The van der Waals surface area contributed by atoms with Gasteiger partial charge in [0.25, 0.3) is 0 Å². The van der Waals surface area contributed by atoms with Crippen LogP contribution in [0.3, 0.4) is 0 Å². The molecule has 0 radical (unpaired) electrons. The van der Waals surface area contributed by atoms with Crippen molar-refractivity contribution >= 4 is 5.97 Å². The minimum atomic E-state index is -4.34. The van der Waals surface area contributed by atoms with Crippen LogP contribution in [-0.2, 0) is 11.0 Å². The second-order valence-electron chi connectivity index (χ2n) is 5.13. The number of alkyl halides is 3. The van der Waals surface area contributed by atoms with Gasteiger partial charge in [-0.15, -0.1) is 0 Å². The van der Waals surface area contributed by atoms with E-state index in [0.717, 1.165) is 6.07 Å². The lowest BCUT2D eigenvalue weighted by Gasteiger charge is -2.25. The Kier molecular flexibility index (Phi) is 6.20. The van der Waals surface area contributed by atoms with E-state index in [0.29, 0.717) is 24.9 Å². The van der Waals surface area contributed by atoms with Gasteiger partial charge in [0.15, 0.2) is 0 Å². The zero-order chi connectivity index (χ0) is 16.0. The highest BCUT2D eigenvalue weighted by Gasteiger charge is 2.30. The standard InChI is InChI=1S/C15H20F3NO2/c1-11(19(2)9-4-3-8-14(20)21)12-6-5-7-13(10-12)15(16,17)18/h5-7,10-11H,3-4,8-9H2,1-2H3,(H,20,21). The van der Waals surface area contributed by atoms with Gasteiger partial charge >= 0.3 is 12.1 Å². The number of benzene rings is 1. The van der Waals surface area contributed by atoms with Crippen LogP contribution >= 0.6 is 0 Å². The Hall–Kier alpha value is -1.56. The van der Waals surface area contributed by atoms with Crippen molar-refractivity contribution in [3.63, 3.8) is 0 Å². The van der Waals surface area contributed by atoms with Crippen molar-refractivity contribution in [3.8, 4) is 0 Å². The van der Waals surface area contributed by atoms with E-state index in [1.165, 1.54) is 12.1 Å². The fraction of sp³-hybridized carbons (Fsp3) is 0.533. The lowest BCUT2D eigenvalue weighted by Crippen LogP contribution is -2.24. The van der Waals surface area contributed by atoms with Crippen LogP contribution in [0.2, 0.25) is 0 Å². The molecule has 0 aliphatic carbocycles. The molecule has 0 bridgehead atoms. The summed E-state index contributed by atoms with van der Waals surface area (Å²) in [6.07, 6.45) is -2.96. The summed E-state index contributed by atoms with van der Waals surface area (Å²) in [6.45, 7) is 2.48. The quantitative estimate of drug-likeness (QED) is 0.775. The zero-order valence-electron chi connectivity index (χ0n) is 12.2. The van der Waals surface area contributed by atoms with Crippen molar-refractivity contribution in [1.82, 2.24) is 4.90 Å². The summed E-state index contributed by atoms with van der Waals surface area (Å²) in [5.74, 6) is -0.830. The molecule has 0 aliphatic rings. The van der Waals surface area contributed by atoms with Crippen LogP contribution in [0.15, 0.2) is 24.3 Å². The van der Waals surface area contributed by atoms with Crippen molar-refractivity contribution in [2.75, 3.05) is 13.6 Å². The van der Waals surface area contributed by atoms with Gasteiger partial charge in [0.1, 0.15) is 0 Å². The van der Waals surface area contributed by atoms with Gasteiger partial charge in [-0.2, -0.15) is 13.2 Å². The van der Waals surface area contributed by atoms with Crippen molar-refractivity contribution in [1.29, 1.82) is 0 Å². The smallest absolute Gasteiger partial charge is 0.416 e. The molecule has 1 unspecified atom stereocenters. The molecule has 6 heteroatoms. The van der Waals surface area contributed by atoms with Crippen LogP contribution in [0.1, 0.15) is 43.4 Å². The summed E-state index contributed by atoms with van der Waals surface area (Å²) in [5, 5.41) is 8.55. The molecule has 0 aliphatic heterocycles. The normalized spacial score (nSPS) is 13.4. The summed E-state index contributed by atoms with van der Waals surface area (Å²) >= 11 is 0. The topological polar surface area (TPSA) is 40.5 Å². The van der Waals surface area contributed by atoms with Gasteiger partial charge in [-0.1, -0.05) is 12.1 Å². The first-order valence-corrected chi connectivity index (χ1v) is 6.81. The molecule has 0 heterocycles. The number of unbranched alkanes of at least 4 members (excludes halogenated alkanes) is 1. The van der Waals surface area contributed by atoms with Crippen LogP contribution in [0, 0.1) is 0 Å².